The molecule has 1 spiro atoms. The number of aromatic nitrogens is 1. The minimum Gasteiger partial charge on any atom is -0.361 e. The van der Waals surface area contributed by atoms with E-state index in [1.807, 2.05) is 0 Å². The minimum atomic E-state index is -0.509. The van der Waals surface area contributed by atoms with Gasteiger partial charge in [0.1, 0.15) is 17.8 Å². The zero-order valence-corrected chi connectivity index (χ0v) is 13.5. The summed E-state index contributed by atoms with van der Waals surface area (Å²) in [6, 6.07) is 1.77. The summed E-state index contributed by atoms with van der Waals surface area (Å²) in [5, 5.41) is 2.80. The Hall–Kier alpha value is -2.15. The van der Waals surface area contributed by atoms with Crippen LogP contribution >= 0.6 is 0 Å². The number of hydrogen-bond donors (Lipinski definition) is 2. The van der Waals surface area contributed by atoms with Crippen molar-refractivity contribution < 1.29 is 14.3 Å². The van der Waals surface area contributed by atoms with Gasteiger partial charge in [0.2, 0.25) is 5.91 Å². The average Bonchev–Trinajstić information content (AvgIpc) is 3.01. The van der Waals surface area contributed by atoms with Crippen molar-refractivity contribution in [3.05, 3.63) is 33.2 Å². The molecule has 2 amide bonds. The van der Waals surface area contributed by atoms with Crippen LogP contribution in [0.25, 0.3) is 0 Å². The first-order chi connectivity index (χ1) is 11.6. The fraction of sp³-hybridized carbons (Fsp3) is 0.588. The van der Waals surface area contributed by atoms with Crippen molar-refractivity contribution in [1.29, 1.82) is 0 Å². The van der Waals surface area contributed by atoms with Crippen LogP contribution in [0.1, 0.15) is 40.9 Å². The van der Waals surface area contributed by atoms with Crippen LogP contribution in [0.4, 0.5) is 0 Å². The Morgan fingerprint density at radius 3 is 2.88 bits per heavy atom. The number of pyridine rings is 1. The first kappa shape index (κ1) is 15.4. The fourth-order valence-corrected chi connectivity index (χ4v) is 3.86. The Morgan fingerprint density at radius 1 is 1.25 bits per heavy atom. The van der Waals surface area contributed by atoms with Crippen LogP contribution in [-0.2, 0) is 22.4 Å². The third kappa shape index (κ3) is 2.62. The van der Waals surface area contributed by atoms with E-state index in [1.165, 1.54) is 0 Å². The highest BCUT2D eigenvalue weighted by molar-refractivity contribution is 5.94. The molecule has 2 N–H and O–H groups in total. The summed E-state index contributed by atoms with van der Waals surface area (Å²) in [6.07, 6.45) is 4.62. The van der Waals surface area contributed by atoms with Gasteiger partial charge in [0, 0.05) is 18.8 Å². The number of amides is 2. The molecule has 24 heavy (non-hydrogen) atoms. The number of morpholine rings is 1. The molecule has 1 aliphatic carbocycles. The Morgan fingerprint density at radius 2 is 2.08 bits per heavy atom. The second-order valence-corrected chi connectivity index (χ2v) is 6.95. The second kappa shape index (κ2) is 5.73. The van der Waals surface area contributed by atoms with Gasteiger partial charge >= 0.3 is 0 Å². The van der Waals surface area contributed by atoms with Crippen molar-refractivity contribution in [2.45, 2.75) is 37.7 Å². The number of aryl methyl sites for hydroxylation is 2. The van der Waals surface area contributed by atoms with Gasteiger partial charge in [-0.15, -0.1) is 0 Å². The van der Waals surface area contributed by atoms with Gasteiger partial charge in [-0.2, -0.15) is 0 Å². The average molecular weight is 331 g/mol. The van der Waals surface area contributed by atoms with Gasteiger partial charge in [-0.05, 0) is 43.7 Å². The van der Waals surface area contributed by atoms with Gasteiger partial charge in [0.05, 0.1) is 6.54 Å². The number of rotatable bonds is 1. The van der Waals surface area contributed by atoms with E-state index in [4.69, 9.17) is 4.74 Å². The lowest BCUT2D eigenvalue weighted by molar-refractivity contribution is -0.141. The van der Waals surface area contributed by atoms with Crippen LogP contribution in [0.15, 0.2) is 10.9 Å². The molecule has 4 rings (SSSR count). The number of nitrogens with zero attached hydrogens (tertiary/aromatic N) is 1. The van der Waals surface area contributed by atoms with E-state index in [9.17, 15) is 14.4 Å². The molecule has 2 aliphatic heterocycles. The summed E-state index contributed by atoms with van der Waals surface area (Å²) in [5.41, 5.74) is 1.45. The van der Waals surface area contributed by atoms with E-state index < -0.39 is 5.60 Å². The number of hydrogen-bond acceptors (Lipinski definition) is 4. The number of nitrogens with one attached hydrogen (secondary N) is 2. The molecule has 7 heteroatoms. The van der Waals surface area contributed by atoms with Crippen LogP contribution < -0.4 is 10.9 Å². The molecule has 2 fully saturated rings. The van der Waals surface area contributed by atoms with Gasteiger partial charge in [0.25, 0.3) is 11.5 Å². The number of aromatic amines is 1. The topological polar surface area (TPSA) is 91.5 Å². The normalized spacial score (nSPS) is 26.3. The van der Waals surface area contributed by atoms with Crippen LogP contribution in [0.2, 0.25) is 0 Å². The number of carbonyl (C=O) groups excluding carboxylic acids is 2. The standard InChI is InChI=1S/C17H21N3O4/c21-14-8-24-17(9-18-14)5-6-20(10-17)16(23)12-7-11-3-1-2-4-13(11)19-15(12)22/h7H,1-6,8-10H2,(H,18,21)(H,19,22). The molecule has 0 radical (unpaired) electrons. The first-order valence-electron chi connectivity index (χ1n) is 8.51. The summed E-state index contributed by atoms with van der Waals surface area (Å²) in [7, 11) is 0. The van der Waals surface area contributed by atoms with Crippen LogP contribution in [0.3, 0.4) is 0 Å². The maximum Gasteiger partial charge on any atom is 0.261 e. The van der Waals surface area contributed by atoms with E-state index in [0.29, 0.717) is 26.1 Å². The van der Waals surface area contributed by atoms with Crippen molar-refractivity contribution in [3.8, 4) is 0 Å². The van der Waals surface area contributed by atoms with E-state index in [0.717, 1.165) is 36.9 Å². The smallest absolute Gasteiger partial charge is 0.261 e. The molecule has 1 unspecified atom stereocenters. The van der Waals surface area contributed by atoms with E-state index >= 15 is 0 Å². The largest absolute Gasteiger partial charge is 0.361 e. The quantitative estimate of drug-likeness (QED) is 0.757. The molecule has 7 nitrogen and oxygen atoms in total. The molecule has 3 heterocycles. The van der Waals surface area contributed by atoms with E-state index in [-0.39, 0.29) is 29.5 Å². The van der Waals surface area contributed by atoms with E-state index in [1.54, 1.807) is 11.0 Å². The van der Waals surface area contributed by atoms with Crippen LogP contribution in [-0.4, -0.2) is 53.5 Å². The molecule has 0 aromatic carbocycles. The van der Waals surface area contributed by atoms with Crippen molar-refractivity contribution in [1.82, 2.24) is 15.2 Å². The molecule has 1 aromatic heterocycles. The lowest BCUT2D eigenvalue weighted by Gasteiger charge is -2.33. The monoisotopic (exact) mass is 331 g/mol. The molecular weight excluding hydrogens is 310 g/mol. The lowest BCUT2D eigenvalue weighted by atomic mass is 9.95. The number of fused-ring (bicyclic) bond motifs is 1. The molecule has 0 saturated carbocycles. The maximum absolute atomic E-state index is 12.8. The van der Waals surface area contributed by atoms with Crippen LogP contribution in [0, 0.1) is 0 Å². The van der Waals surface area contributed by atoms with Gasteiger partial charge in [-0.3, -0.25) is 14.4 Å². The third-order valence-electron chi connectivity index (χ3n) is 5.29. The number of carbonyl (C=O) groups is 2. The third-order valence-corrected chi connectivity index (χ3v) is 5.29. The highest BCUT2D eigenvalue weighted by atomic mass is 16.5. The van der Waals surface area contributed by atoms with Crippen molar-refractivity contribution in [3.63, 3.8) is 0 Å². The molecule has 128 valence electrons. The lowest BCUT2D eigenvalue weighted by Crippen LogP contribution is -2.54. The van der Waals surface area contributed by atoms with Crippen molar-refractivity contribution in [2.75, 3.05) is 26.2 Å². The SMILES string of the molecule is O=C1COC2(CCN(C(=O)c3cc4c([nH]c3=O)CCCC4)C2)CN1. The van der Waals surface area contributed by atoms with Crippen molar-refractivity contribution >= 4 is 11.8 Å². The number of ether oxygens (including phenoxy) is 1. The summed E-state index contributed by atoms with van der Waals surface area (Å²) >= 11 is 0. The Labute approximate surface area is 139 Å². The van der Waals surface area contributed by atoms with Crippen molar-refractivity contribution in [2.24, 2.45) is 0 Å². The zero-order chi connectivity index (χ0) is 16.7. The minimum absolute atomic E-state index is 0.0292. The summed E-state index contributed by atoms with van der Waals surface area (Å²) in [6.45, 7) is 1.38. The number of likely N-dealkylation sites (tertiary alicyclic amines) is 1. The van der Waals surface area contributed by atoms with Gasteiger partial charge in [-0.25, -0.2) is 0 Å². The summed E-state index contributed by atoms with van der Waals surface area (Å²) in [5.74, 6) is -0.376. The number of H-pyrrole nitrogens is 1. The molecule has 0 bridgehead atoms. The first-order valence-corrected chi connectivity index (χ1v) is 8.51. The molecule has 1 atom stereocenters. The Kier molecular flexibility index (Phi) is 3.68. The molecule has 1 aromatic rings. The molecule has 2 saturated heterocycles. The van der Waals surface area contributed by atoms with Gasteiger partial charge in [0.15, 0.2) is 0 Å². The summed E-state index contributed by atoms with van der Waals surface area (Å²) < 4.78 is 5.68. The second-order valence-electron chi connectivity index (χ2n) is 6.95. The molecular formula is C17H21N3O4. The predicted octanol–water partition coefficient (Wildman–Crippen LogP) is -0.0152. The highest BCUT2D eigenvalue weighted by Gasteiger charge is 2.44. The van der Waals surface area contributed by atoms with Gasteiger partial charge in [-0.1, -0.05) is 0 Å². The van der Waals surface area contributed by atoms with Crippen LogP contribution in [0.5, 0.6) is 0 Å². The van der Waals surface area contributed by atoms with E-state index in [2.05, 4.69) is 10.3 Å². The predicted molar refractivity (Wildman–Crippen MR) is 85.9 cm³/mol. The highest BCUT2D eigenvalue weighted by Crippen LogP contribution is 2.28. The maximum atomic E-state index is 12.8. The Bertz CT molecular complexity index is 745. The molecule has 3 aliphatic rings. The Balaban J connectivity index is 1.54. The van der Waals surface area contributed by atoms with Gasteiger partial charge < -0.3 is 19.9 Å². The zero-order valence-electron chi connectivity index (χ0n) is 13.5. The fourth-order valence-electron chi connectivity index (χ4n) is 3.86. The summed E-state index contributed by atoms with van der Waals surface area (Å²) in [4.78, 5) is 40.9.